The summed E-state index contributed by atoms with van der Waals surface area (Å²) in [5.41, 5.74) is 2.00. The van der Waals surface area contributed by atoms with Crippen molar-refractivity contribution >= 4 is 17.4 Å². The van der Waals surface area contributed by atoms with Crippen LogP contribution >= 0.6 is 0 Å². The SMILES string of the molecule is O=C1NC(O)CCN1c1ccc(N2CCC(CO)CC2)cc1. The van der Waals surface area contributed by atoms with E-state index in [2.05, 4.69) is 10.2 Å². The number of anilines is 2. The van der Waals surface area contributed by atoms with Crippen molar-refractivity contribution in [1.82, 2.24) is 5.32 Å². The maximum absolute atomic E-state index is 11.9. The molecule has 0 aliphatic carbocycles. The summed E-state index contributed by atoms with van der Waals surface area (Å²) < 4.78 is 0. The Morgan fingerprint density at radius 1 is 1.05 bits per heavy atom. The van der Waals surface area contributed by atoms with Crippen LogP contribution in [0.25, 0.3) is 0 Å². The Kier molecular flexibility index (Phi) is 4.49. The number of aliphatic hydroxyl groups excluding tert-OH is 2. The standard InChI is InChI=1S/C16H23N3O3/c20-11-12-5-8-18(9-6-12)13-1-3-14(4-2-13)19-10-7-15(21)17-16(19)22/h1-4,12,15,20-21H,5-11H2,(H,17,22). The van der Waals surface area contributed by atoms with Crippen LogP contribution in [0.2, 0.25) is 0 Å². The van der Waals surface area contributed by atoms with Gasteiger partial charge in [0.25, 0.3) is 0 Å². The van der Waals surface area contributed by atoms with Crippen LogP contribution in [0.1, 0.15) is 19.3 Å². The molecular formula is C16H23N3O3. The van der Waals surface area contributed by atoms with E-state index in [-0.39, 0.29) is 12.6 Å². The first-order valence-corrected chi connectivity index (χ1v) is 7.89. The molecule has 3 N–H and O–H groups in total. The van der Waals surface area contributed by atoms with E-state index in [0.29, 0.717) is 18.9 Å². The smallest absolute Gasteiger partial charge is 0.323 e. The van der Waals surface area contributed by atoms with E-state index in [1.807, 2.05) is 24.3 Å². The predicted octanol–water partition coefficient (Wildman–Crippen LogP) is 1.13. The number of hydrogen-bond acceptors (Lipinski definition) is 4. The van der Waals surface area contributed by atoms with E-state index < -0.39 is 6.23 Å². The van der Waals surface area contributed by atoms with Crippen molar-refractivity contribution in [3.8, 4) is 0 Å². The van der Waals surface area contributed by atoms with Gasteiger partial charge in [0.05, 0.1) is 0 Å². The third-order valence-corrected chi connectivity index (χ3v) is 4.56. The fourth-order valence-electron chi connectivity index (χ4n) is 3.11. The lowest BCUT2D eigenvalue weighted by Crippen LogP contribution is -2.51. The molecule has 22 heavy (non-hydrogen) atoms. The minimum atomic E-state index is -0.740. The van der Waals surface area contributed by atoms with Gasteiger partial charge in [0.15, 0.2) is 0 Å². The molecule has 2 amide bonds. The molecule has 2 heterocycles. The summed E-state index contributed by atoms with van der Waals surface area (Å²) in [5.74, 6) is 0.430. The molecule has 1 aromatic rings. The van der Waals surface area contributed by atoms with Crippen molar-refractivity contribution in [2.24, 2.45) is 5.92 Å². The van der Waals surface area contributed by atoms with Crippen LogP contribution in [0.3, 0.4) is 0 Å². The second-order valence-electron chi connectivity index (χ2n) is 6.03. The molecule has 2 saturated heterocycles. The normalized spacial score (nSPS) is 23.5. The largest absolute Gasteiger partial charge is 0.396 e. The molecule has 2 fully saturated rings. The topological polar surface area (TPSA) is 76.0 Å². The van der Waals surface area contributed by atoms with Crippen molar-refractivity contribution in [3.63, 3.8) is 0 Å². The fourth-order valence-corrected chi connectivity index (χ4v) is 3.11. The van der Waals surface area contributed by atoms with Gasteiger partial charge in [-0.15, -0.1) is 0 Å². The third kappa shape index (κ3) is 3.18. The second kappa shape index (κ2) is 6.54. The van der Waals surface area contributed by atoms with Gasteiger partial charge in [-0.25, -0.2) is 4.79 Å². The molecule has 6 heteroatoms. The van der Waals surface area contributed by atoms with E-state index in [9.17, 15) is 15.0 Å². The molecule has 0 spiro atoms. The fraction of sp³-hybridized carbons (Fsp3) is 0.562. The number of benzene rings is 1. The molecule has 0 radical (unpaired) electrons. The number of piperidine rings is 1. The van der Waals surface area contributed by atoms with Crippen LogP contribution in [-0.2, 0) is 0 Å². The molecular weight excluding hydrogens is 282 g/mol. The number of carbonyl (C=O) groups is 1. The number of hydrogen-bond donors (Lipinski definition) is 3. The first-order chi connectivity index (χ1) is 10.7. The number of nitrogens with one attached hydrogen (secondary N) is 1. The number of rotatable bonds is 3. The van der Waals surface area contributed by atoms with Gasteiger partial charge in [0.2, 0.25) is 0 Å². The lowest BCUT2D eigenvalue weighted by atomic mass is 9.97. The van der Waals surface area contributed by atoms with Gasteiger partial charge >= 0.3 is 6.03 Å². The summed E-state index contributed by atoms with van der Waals surface area (Å²) in [6.45, 7) is 2.72. The quantitative estimate of drug-likeness (QED) is 0.782. The summed E-state index contributed by atoms with van der Waals surface area (Å²) in [6.07, 6.45) is 1.83. The summed E-state index contributed by atoms with van der Waals surface area (Å²) >= 11 is 0. The monoisotopic (exact) mass is 305 g/mol. The first kappa shape index (κ1) is 15.1. The summed E-state index contributed by atoms with van der Waals surface area (Å²) in [6, 6.07) is 7.71. The van der Waals surface area contributed by atoms with Crippen LogP contribution in [-0.4, -0.2) is 48.7 Å². The third-order valence-electron chi connectivity index (χ3n) is 4.56. The van der Waals surface area contributed by atoms with Gasteiger partial charge in [-0.3, -0.25) is 4.90 Å². The number of nitrogens with zero attached hydrogens (tertiary/aromatic N) is 2. The van der Waals surface area contributed by atoms with E-state index in [1.165, 1.54) is 0 Å². The molecule has 1 atom stereocenters. The van der Waals surface area contributed by atoms with Crippen molar-refractivity contribution < 1.29 is 15.0 Å². The molecule has 2 aliphatic rings. The first-order valence-electron chi connectivity index (χ1n) is 7.89. The van der Waals surface area contributed by atoms with Crippen LogP contribution in [0.15, 0.2) is 24.3 Å². The Morgan fingerprint density at radius 3 is 2.27 bits per heavy atom. The van der Waals surface area contributed by atoms with Gasteiger partial charge in [0, 0.05) is 44.0 Å². The molecule has 1 unspecified atom stereocenters. The molecule has 0 aromatic heterocycles. The number of urea groups is 1. The van der Waals surface area contributed by atoms with Crippen molar-refractivity contribution in [1.29, 1.82) is 0 Å². The Bertz CT molecular complexity index is 512. The van der Waals surface area contributed by atoms with Crippen molar-refractivity contribution in [2.45, 2.75) is 25.5 Å². The van der Waals surface area contributed by atoms with Gasteiger partial charge in [-0.1, -0.05) is 0 Å². The van der Waals surface area contributed by atoms with Crippen LogP contribution in [0.5, 0.6) is 0 Å². The molecule has 3 rings (SSSR count). The Labute approximate surface area is 130 Å². The highest BCUT2D eigenvalue weighted by Crippen LogP contribution is 2.26. The van der Waals surface area contributed by atoms with Gasteiger partial charge in [-0.05, 0) is 43.0 Å². The molecule has 0 saturated carbocycles. The lowest BCUT2D eigenvalue weighted by Gasteiger charge is -2.34. The average molecular weight is 305 g/mol. The minimum Gasteiger partial charge on any atom is -0.396 e. The highest BCUT2D eigenvalue weighted by molar-refractivity contribution is 5.93. The van der Waals surface area contributed by atoms with Crippen molar-refractivity contribution in [2.75, 3.05) is 36.0 Å². The van der Waals surface area contributed by atoms with E-state index in [4.69, 9.17) is 0 Å². The molecule has 120 valence electrons. The Morgan fingerprint density at radius 2 is 1.68 bits per heavy atom. The lowest BCUT2D eigenvalue weighted by molar-refractivity contribution is 0.125. The van der Waals surface area contributed by atoms with Crippen LogP contribution in [0, 0.1) is 5.92 Å². The number of amides is 2. The molecule has 0 bridgehead atoms. The highest BCUT2D eigenvalue weighted by atomic mass is 16.3. The zero-order valence-electron chi connectivity index (χ0n) is 12.6. The predicted molar refractivity (Wildman–Crippen MR) is 85.0 cm³/mol. The number of aliphatic hydroxyl groups is 2. The molecule has 6 nitrogen and oxygen atoms in total. The van der Waals surface area contributed by atoms with E-state index >= 15 is 0 Å². The minimum absolute atomic E-state index is 0.254. The number of carbonyl (C=O) groups excluding carboxylic acids is 1. The van der Waals surface area contributed by atoms with E-state index in [0.717, 1.165) is 37.3 Å². The highest BCUT2D eigenvalue weighted by Gasteiger charge is 2.24. The summed E-state index contributed by atoms with van der Waals surface area (Å²) in [5, 5.41) is 21.1. The van der Waals surface area contributed by atoms with Gasteiger partial charge in [-0.2, -0.15) is 0 Å². The second-order valence-corrected chi connectivity index (χ2v) is 6.03. The average Bonchev–Trinajstić information content (AvgIpc) is 2.55. The zero-order chi connectivity index (χ0) is 15.5. The van der Waals surface area contributed by atoms with Crippen molar-refractivity contribution in [3.05, 3.63) is 24.3 Å². The molecule has 1 aromatic carbocycles. The van der Waals surface area contributed by atoms with Gasteiger partial charge < -0.3 is 20.4 Å². The Hall–Kier alpha value is -1.79. The van der Waals surface area contributed by atoms with Crippen LogP contribution < -0.4 is 15.1 Å². The van der Waals surface area contributed by atoms with Gasteiger partial charge in [0.1, 0.15) is 6.23 Å². The zero-order valence-corrected chi connectivity index (χ0v) is 12.6. The van der Waals surface area contributed by atoms with E-state index in [1.54, 1.807) is 4.90 Å². The Balaban J connectivity index is 1.64. The van der Waals surface area contributed by atoms with Crippen LogP contribution in [0.4, 0.5) is 16.2 Å². The maximum Gasteiger partial charge on any atom is 0.323 e. The summed E-state index contributed by atoms with van der Waals surface area (Å²) in [4.78, 5) is 15.8. The maximum atomic E-state index is 11.9. The molecule has 2 aliphatic heterocycles. The summed E-state index contributed by atoms with van der Waals surface area (Å²) in [7, 11) is 0.